The van der Waals surface area contributed by atoms with E-state index >= 15 is 0 Å². The summed E-state index contributed by atoms with van der Waals surface area (Å²) in [5, 5.41) is 9.06. The highest BCUT2D eigenvalue weighted by atomic mass is 79.9. The maximum Gasteiger partial charge on any atom is 0.418 e. The average molecular weight is 467 g/mol. The maximum absolute atomic E-state index is 13.4. The van der Waals surface area contributed by atoms with Crippen LogP contribution in [-0.2, 0) is 10.9 Å². The first-order chi connectivity index (χ1) is 11.1. The second-order valence-corrected chi connectivity index (χ2v) is 6.33. The van der Waals surface area contributed by atoms with E-state index in [1.165, 1.54) is 6.07 Å². The molecular weight excluding hydrogens is 459 g/mol. The van der Waals surface area contributed by atoms with Crippen molar-refractivity contribution in [2.45, 2.75) is 6.18 Å². The van der Waals surface area contributed by atoms with Gasteiger partial charge in [-0.05, 0) is 28.1 Å². The fraction of sp³-hybridized carbons (Fsp3) is 0.143. The fourth-order valence-electron chi connectivity index (χ4n) is 2.12. The van der Waals surface area contributed by atoms with Gasteiger partial charge in [0, 0.05) is 15.1 Å². The molecule has 2 aromatic rings. The quantitative estimate of drug-likeness (QED) is 0.670. The first-order valence-corrected chi connectivity index (χ1v) is 7.76. The second-order valence-electron chi connectivity index (χ2n) is 4.56. The minimum atomic E-state index is -4.71. The molecule has 1 aromatic heterocycles. The molecule has 10 heteroatoms. The highest BCUT2D eigenvalue weighted by Gasteiger charge is 2.37. The number of nitrogens with zero attached hydrogens (tertiary/aromatic N) is 2. The number of nitrogens with two attached hydrogens (primary N) is 1. The number of hydrogen-bond acceptors (Lipinski definition) is 4. The van der Waals surface area contributed by atoms with Crippen molar-refractivity contribution in [2.75, 3.05) is 12.8 Å². The van der Waals surface area contributed by atoms with Crippen molar-refractivity contribution in [3.8, 4) is 11.8 Å². The van der Waals surface area contributed by atoms with Gasteiger partial charge in [-0.3, -0.25) is 0 Å². The lowest BCUT2D eigenvalue weighted by Crippen LogP contribution is -2.16. The van der Waals surface area contributed by atoms with Gasteiger partial charge in [-0.1, -0.05) is 15.9 Å². The number of benzene rings is 1. The molecule has 0 unspecified atom stereocenters. The minimum Gasteiger partial charge on any atom is -0.464 e. The molecule has 0 saturated carbocycles. The Labute approximate surface area is 151 Å². The van der Waals surface area contributed by atoms with Crippen molar-refractivity contribution in [1.29, 1.82) is 5.26 Å². The van der Waals surface area contributed by atoms with Gasteiger partial charge >= 0.3 is 12.1 Å². The van der Waals surface area contributed by atoms with E-state index in [1.54, 1.807) is 6.07 Å². The van der Waals surface area contributed by atoms with E-state index in [1.807, 2.05) is 0 Å². The molecule has 5 nitrogen and oxygen atoms in total. The molecule has 0 bridgehead atoms. The van der Waals surface area contributed by atoms with Crippen molar-refractivity contribution >= 4 is 43.5 Å². The number of anilines is 1. The lowest BCUT2D eigenvalue weighted by molar-refractivity contribution is -0.137. The summed E-state index contributed by atoms with van der Waals surface area (Å²) in [7, 11) is 1.06. The van der Waals surface area contributed by atoms with Crippen molar-refractivity contribution in [2.24, 2.45) is 0 Å². The van der Waals surface area contributed by atoms with Gasteiger partial charge in [0.15, 0.2) is 5.69 Å². The monoisotopic (exact) mass is 465 g/mol. The number of alkyl halides is 3. The number of carbonyl (C=O) groups excluding carboxylic acids is 1. The summed E-state index contributed by atoms with van der Waals surface area (Å²) >= 11 is 6.06. The number of nitriles is 1. The number of rotatable bonds is 2. The van der Waals surface area contributed by atoms with E-state index in [2.05, 4.69) is 36.6 Å². The summed E-state index contributed by atoms with van der Waals surface area (Å²) in [6, 6.07) is 3.98. The maximum atomic E-state index is 13.4. The van der Waals surface area contributed by atoms with Gasteiger partial charge in [0.05, 0.1) is 29.6 Å². The van der Waals surface area contributed by atoms with Gasteiger partial charge in [-0.25, -0.2) is 4.79 Å². The molecule has 1 aromatic carbocycles. The molecule has 1 heterocycles. The molecule has 24 heavy (non-hydrogen) atoms. The van der Waals surface area contributed by atoms with Crippen LogP contribution in [0.3, 0.4) is 0 Å². The predicted octanol–water partition coefficient (Wildman–Crippen LogP) is 4.26. The molecule has 0 saturated heterocycles. The van der Waals surface area contributed by atoms with Crippen LogP contribution in [-0.4, -0.2) is 17.6 Å². The van der Waals surface area contributed by atoms with Crippen LogP contribution in [0.4, 0.5) is 18.9 Å². The summed E-state index contributed by atoms with van der Waals surface area (Å²) in [4.78, 5) is 12.0. The summed E-state index contributed by atoms with van der Waals surface area (Å²) in [5.41, 5.74) is 3.57. The van der Waals surface area contributed by atoms with Crippen LogP contribution in [0.1, 0.15) is 21.6 Å². The first kappa shape index (κ1) is 18.4. The molecule has 2 N–H and O–H groups in total. The smallest absolute Gasteiger partial charge is 0.418 e. The van der Waals surface area contributed by atoms with Crippen molar-refractivity contribution in [3.63, 3.8) is 0 Å². The highest BCUT2D eigenvalue weighted by molar-refractivity contribution is 9.11. The minimum absolute atomic E-state index is 0.0499. The Morgan fingerprint density at radius 3 is 2.50 bits per heavy atom. The Balaban J connectivity index is 2.93. The van der Waals surface area contributed by atoms with E-state index in [-0.39, 0.29) is 31.6 Å². The van der Waals surface area contributed by atoms with E-state index in [0.717, 1.165) is 23.9 Å². The molecule has 0 aliphatic heterocycles. The standard InChI is InChI=1S/C14H8Br2F3N3O2/c1-24-13(23)12-10(21)6(4-20)5-22(12)11-8(14(17,18)19)2-7(15)3-9(11)16/h2-3,5H,21H2,1H3. The zero-order chi connectivity index (χ0) is 18.2. The third-order valence-electron chi connectivity index (χ3n) is 3.12. The van der Waals surface area contributed by atoms with Gasteiger partial charge < -0.3 is 15.0 Å². The largest absolute Gasteiger partial charge is 0.464 e. The Morgan fingerprint density at radius 1 is 1.38 bits per heavy atom. The normalized spacial score (nSPS) is 11.2. The van der Waals surface area contributed by atoms with Crippen LogP contribution in [0.5, 0.6) is 0 Å². The molecule has 0 aliphatic rings. The molecule has 0 spiro atoms. The summed E-state index contributed by atoms with van der Waals surface area (Å²) in [6.07, 6.45) is -3.65. The van der Waals surface area contributed by atoms with Crippen LogP contribution >= 0.6 is 31.9 Å². The molecular formula is C14H8Br2F3N3O2. The van der Waals surface area contributed by atoms with E-state index < -0.39 is 17.7 Å². The highest BCUT2D eigenvalue weighted by Crippen LogP contribution is 2.41. The third kappa shape index (κ3) is 3.14. The van der Waals surface area contributed by atoms with E-state index in [9.17, 15) is 18.0 Å². The van der Waals surface area contributed by atoms with Crippen LogP contribution in [0, 0.1) is 11.3 Å². The molecule has 126 valence electrons. The number of ether oxygens (including phenoxy) is 1. The van der Waals surface area contributed by atoms with E-state index in [4.69, 9.17) is 11.0 Å². The number of hydrogen-bond donors (Lipinski definition) is 1. The molecule has 2 rings (SSSR count). The Kier molecular flexibility index (Phi) is 4.96. The zero-order valence-corrected chi connectivity index (χ0v) is 15.1. The second kappa shape index (κ2) is 6.49. The van der Waals surface area contributed by atoms with Gasteiger partial charge in [0.2, 0.25) is 0 Å². The Morgan fingerprint density at radius 2 is 2.00 bits per heavy atom. The van der Waals surface area contributed by atoms with Gasteiger partial charge in [-0.15, -0.1) is 0 Å². The summed E-state index contributed by atoms with van der Waals surface area (Å²) in [5.74, 6) is -0.961. The SMILES string of the molecule is COC(=O)c1c(N)c(C#N)cn1-c1c(Br)cc(Br)cc1C(F)(F)F. The summed E-state index contributed by atoms with van der Waals surface area (Å²) < 4.78 is 46.0. The van der Waals surface area contributed by atoms with Crippen molar-refractivity contribution in [1.82, 2.24) is 4.57 Å². The Hall–Kier alpha value is -1.99. The van der Waals surface area contributed by atoms with Crippen LogP contribution in [0.2, 0.25) is 0 Å². The van der Waals surface area contributed by atoms with Crippen molar-refractivity contribution < 1.29 is 22.7 Å². The van der Waals surface area contributed by atoms with Crippen LogP contribution < -0.4 is 5.73 Å². The number of esters is 1. The number of methoxy groups -OCH3 is 1. The fourth-order valence-corrected chi connectivity index (χ4v) is 3.53. The van der Waals surface area contributed by atoms with Gasteiger partial charge in [0.25, 0.3) is 0 Å². The van der Waals surface area contributed by atoms with Gasteiger partial charge in [0.1, 0.15) is 6.07 Å². The number of nitrogen functional groups attached to an aromatic ring is 1. The average Bonchev–Trinajstić information content (AvgIpc) is 2.81. The molecule has 0 aliphatic carbocycles. The number of aromatic nitrogens is 1. The van der Waals surface area contributed by atoms with Crippen LogP contribution in [0.15, 0.2) is 27.3 Å². The molecule has 0 amide bonds. The molecule has 0 radical (unpaired) electrons. The van der Waals surface area contributed by atoms with Gasteiger partial charge in [-0.2, -0.15) is 18.4 Å². The lowest BCUT2D eigenvalue weighted by Gasteiger charge is -2.18. The predicted molar refractivity (Wildman–Crippen MR) is 86.6 cm³/mol. The topological polar surface area (TPSA) is 81.0 Å². The number of carbonyl (C=O) groups is 1. The lowest BCUT2D eigenvalue weighted by atomic mass is 10.1. The van der Waals surface area contributed by atoms with Crippen molar-refractivity contribution in [3.05, 3.63) is 44.1 Å². The van der Waals surface area contributed by atoms with Crippen LogP contribution in [0.25, 0.3) is 5.69 Å². The van der Waals surface area contributed by atoms with E-state index in [0.29, 0.717) is 0 Å². The first-order valence-electron chi connectivity index (χ1n) is 6.17. The third-order valence-corrected chi connectivity index (χ3v) is 4.18. The molecule has 0 atom stereocenters. The zero-order valence-electron chi connectivity index (χ0n) is 11.9. The molecule has 0 fully saturated rings. The summed E-state index contributed by atoms with van der Waals surface area (Å²) in [6.45, 7) is 0. The Bertz CT molecular complexity index is 870. The number of halogens is 5.